The molecule has 3 N–H and O–H groups in total. The van der Waals surface area contributed by atoms with E-state index in [9.17, 15) is 19.2 Å². The Morgan fingerprint density at radius 3 is 2.40 bits per heavy atom. The highest BCUT2D eigenvalue weighted by molar-refractivity contribution is 6.13. The van der Waals surface area contributed by atoms with E-state index >= 15 is 0 Å². The molecule has 1 aliphatic heterocycles. The second-order valence-electron chi connectivity index (χ2n) is 4.09. The zero-order chi connectivity index (χ0) is 15.0. The molecule has 0 aromatic heterocycles. The van der Waals surface area contributed by atoms with Crippen LogP contribution in [0.4, 0.5) is 0 Å². The molecule has 20 heavy (non-hydrogen) atoms. The van der Waals surface area contributed by atoms with Crippen LogP contribution < -0.4 is 11.1 Å². The second kappa shape index (κ2) is 8.05. The Morgan fingerprint density at radius 1 is 1.15 bits per heavy atom. The molecule has 0 aromatic carbocycles. The van der Waals surface area contributed by atoms with E-state index in [4.69, 9.17) is 10.5 Å². The van der Waals surface area contributed by atoms with Crippen molar-refractivity contribution in [2.75, 3.05) is 26.3 Å². The predicted octanol–water partition coefficient (Wildman–Crippen LogP) is -1.69. The van der Waals surface area contributed by atoms with Crippen LogP contribution >= 0.6 is 0 Å². The predicted molar refractivity (Wildman–Crippen MR) is 68.1 cm³/mol. The number of hydrogen-bond acceptors (Lipinski definition) is 5. The lowest BCUT2D eigenvalue weighted by Crippen LogP contribution is -2.35. The number of ether oxygens (including phenoxy) is 1. The maximum Gasteiger partial charge on any atom is 0.253 e. The molecule has 0 radical (unpaired) electrons. The van der Waals surface area contributed by atoms with Crippen molar-refractivity contribution in [3.8, 4) is 0 Å². The number of nitrogens with one attached hydrogen (secondary N) is 1. The Labute approximate surface area is 115 Å². The van der Waals surface area contributed by atoms with Crippen LogP contribution in [-0.2, 0) is 23.9 Å². The molecule has 8 nitrogen and oxygen atoms in total. The van der Waals surface area contributed by atoms with Gasteiger partial charge in [0.05, 0.1) is 13.2 Å². The molecule has 0 saturated heterocycles. The largest absolute Gasteiger partial charge is 0.379 e. The average Bonchev–Trinajstić information content (AvgIpc) is 2.70. The number of nitrogens with zero attached hydrogens (tertiary/aromatic N) is 1. The number of primary amides is 1. The first-order valence-corrected chi connectivity index (χ1v) is 6.17. The number of imide groups is 1. The van der Waals surface area contributed by atoms with E-state index in [0.29, 0.717) is 0 Å². The van der Waals surface area contributed by atoms with E-state index in [-0.39, 0.29) is 45.1 Å². The average molecular weight is 283 g/mol. The van der Waals surface area contributed by atoms with Crippen molar-refractivity contribution in [2.45, 2.75) is 12.8 Å². The third kappa shape index (κ3) is 5.61. The van der Waals surface area contributed by atoms with Gasteiger partial charge in [-0.1, -0.05) is 0 Å². The molecule has 0 aromatic rings. The molecule has 8 heteroatoms. The monoisotopic (exact) mass is 283 g/mol. The van der Waals surface area contributed by atoms with Gasteiger partial charge in [0.15, 0.2) is 0 Å². The van der Waals surface area contributed by atoms with Gasteiger partial charge in [0.2, 0.25) is 11.8 Å². The fraction of sp³-hybridized carbons (Fsp3) is 0.500. The highest BCUT2D eigenvalue weighted by Gasteiger charge is 2.23. The highest BCUT2D eigenvalue weighted by Crippen LogP contribution is 2.03. The standard InChI is InChI=1S/C12H17N3O5/c13-9(16)4-7-20-8-5-14-10(17)3-6-15-11(18)1-2-12(15)19/h1-2H,3-8H2,(H2,13,16)(H,14,17). The van der Waals surface area contributed by atoms with Crippen molar-refractivity contribution in [1.82, 2.24) is 10.2 Å². The summed E-state index contributed by atoms with van der Waals surface area (Å²) < 4.78 is 5.06. The third-order valence-electron chi connectivity index (χ3n) is 2.52. The van der Waals surface area contributed by atoms with Gasteiger partial charge in [0.1, 0.15) is 0 Å². The number of carbonyl (C=O) groups excluding carboxylic acids is 4. The van der Waals surface area contributed by atoms with Gasteiger partial charge in [-0.05, 0) is 0 Å². The molecule has 1 rings (SSSR count). The molecule has 0 saturated carbocycles. The van der Waals surface area contributed by atoms with E-state index in [0.717, 1.165) is 4.90 Å². The fourth-order valence-electron chi connectivity index (χ4n) is 1.49. The van der Waals surface area contributed by atoms with Crippen molar-refractivity contribution in [3.05, 3.63) is 12.2 Å². The summed E-state index contributed by atoms with van der Waals surface area (Å²) in [7, 11) is 0. The van der Waals surface area contributed by atoms with Crippen molar-refractivity contribution in [3.63, 3.8) is 0 Å². The van der Waals surface area contributed by atoms with Crippen molar-refractivity contribution in [1.29, 1.82) is 0 Å². The van der Waals surface area contributed by atoms with E-state index in [2.05, 4.69) is 5.32 Å². The maximum absolute atomic E-state index is 11.4. The number of amides is 4. The zero-order valence-electron chi connectivity index (χ0n) is 11.0. The zero-order valence-corrected chi connectivity index (χ0v) is 11.0. The summed E-state index contributed by atoms with van der Waals surface area (Å²) in [5.41, 5.74) is 4.92. The SMILES string of the molecule is NC(=O)CCOCCNC(=O)CCN1C(=O)C=CC1=O. The third-order valence-corrected chi connectivity index (χ3v) is 2.52. The van der Waals surface area contributed by atoms with Gasteiger partial charge in [0.25, 0.3) is 11.8 Å². The Morgan fingerprint density at radius 2 is 1.80 bits per heavy atom. The minimum Gasteiger partial charge on any atom is -0.379 e. The van der Waals surface area contributed by atoms with E-state index in [1.165, 1.54) is 12.2 Å². The summed E-state index contributed by atoms with van der Waals surface area (Å²) in [5, 5.41) is 2.57. The van der Waals surface area contributed by atoms with Crippen LogP contribution in [-0.4, -0.2) is 54.8 Å². The first kappa shape index (κ1) is 15.8. The van der Waals surface area contributed by atoms with Crippen LogP contribution in [0.2, 0.25) is 0 Å². The van der Waals surface area contributed by atoms with Gasteiger partial charge < -0.3 is 15.8 Å². The molecular weight excluding hydrogens is 266 g/mol. The molecule has 0 spiro atoms. The summed E-state index contributed by atoms with van der Waals surface area (Å²) in [6.07, 6.45) is 2.53. The summed E-state index contributed by atoms with van der Waals surface area (Å²) in [4.78, 5) is 45.3. The molecule has 0 unspecified atom stereocenters. The van der Waals surface area contributed by atoms with Crippen LogP contribution in [0, 0.1) is 0 Å². The van der Waals surface area contributed by atoms with Crippen LogP contribution in [0.1, 0.15) is 12.8 Å². The molecule has 1 aliphatic rings. The molecule has 0 aliphatic carbocycles. The number of nitrogens with two attached hydrogens (primary N) is 1. The lowest BCUT2D eigenvalue weighted by Gasteiger charge is -2.13. The Balaban J connectivity index is 2.05. The number of hydrogen-bond donors (Lipinski definition) is 2. The lowest BCUT2D eigenvalue weighted by atomic mass is 10.3. The van der Waals surface area contributed by atoms with Gasteiger partial charge in [-0.3, -0.25) is 24.1 Å². The lowest BCUT2D eigenvalue weighted by molar-refractivity contribution is -0.137. The summed E-state index contributed by atoms with van der Waals surface area (Å²) >= 11 is 0. The quantitative estimate of drug-likeness (QED) is 0.386. The van der Waals surface area contributed by atoms with E-state index in [1.54, 1.807) is 0 Å². The van der Waals surface area contributed by atoms with E-state index in [1.807, 2.05) is 0 Å². The van der Waals surface area contributed by atoms with Gasteiger partial charge in [-0.25, -0.2) is 0 Å². The van der Waals surface area contributed by atoms with Crippen LogP contribution in [0.3, 0.4) is 0 Å². The summed E-state index contributed by atoms with van der Waals surface area (Å²) in [6, 6.07) is 0. The number of rotatable bonds is 9. The smallest absolute Gasteiger partial charge is 0.253 e. The fourth-order valence-corrected chi connectivity index (χ4v) is 1.49. The van der Waals surface area contributed by atoms with Gasteiger partial charge >= 0.3 is 0 Å². The number of carbonyl (C=O) groups is 4. The molecular formula is C12H17N3O5. The van der Waals surface area contributed by atoms with Crippen molar-refractivity contribution < 1.29 is 23.9 Å². The van der Waals surface area contributed by atoms with Crippen LogP contribution in [0.25, 0.3) is 0 Å². The van der Waals surface area contributed by atoms with E-state index < -0.39 is 17.7 Å². The van der Waals surface area contributed by atoms with Crippen molar-refractivity contribution in [2.24, 2.45) is 5.73 Å². The molecule has 0 atom stereocenters. The van der Waals surface area contributed by atoms with Crippen LogP contribution in [0.15, 0.2) is 12.2 Å². The highest BCUT2D eigenvalue weighted by atomic mass is 16.5. The minimum atomic E-state index is -0.442. The summed E-state index contributed by atoms with van der Waals surface area (Å²) in [6.45, 7) is 0.826. The maximum atomic E-state index is 11.4. The van der Waals surface area contributed by atoms with Crippen molar-refractivity contribution >= 4 is 23.6 Å². The Bertz CT molecular complexity index is 415. The topological polar surface area (TPSA) is 119 Å². The molecule has 0 bridgehead atoms. The van der Waals surface area contributed by atoms with Crippen LogP contribution in [0.5, 0.6) is 0 Å². The molecule has 0 fully saturated rings. The normalized spacial score (nSPS) is 13.9. The Hall–Kier alpha value is -2.22. The minimum absolute atomic E-state index is 0.0421. The first-order chi connectivity index (χ1) is 9.50. The van der Waals surface area contributed by atoms with Gasteiger partial charge in [-0.15, -0.1) is 0 Å². The summed E-state index contributed by atoms with van der Waals surface area (Å²) in [5.74, 6) is -1.53. The molecule has 4 amide bonds. The van der Waals surface area contributed by atoms with Gasteiger partial charge in [0, 0.05) is 38.1 Å². The first-order valence-electron chi connectivity index (χ1n) is 6.17. The molecule has 1 heterocycles. The second-order valence-corrected chi connectivity index (χ2v) is 4.09. The van der Waals surface area contributed by atoms with Gasteiger partial charge in [-0.2, -0.15) is 0 Å². The molecule has 110 valence electrons. The Kier molecular flexibility index (Phi) is 6.38.